The van der Waals surface area contributed by atoms with Crippen LogP contribution < -0.4 is 15.0 Å². The summed E-state index contributed by atoms with van der Waals surface area (Å²) in [6, 6.07) is 0. The van der Waals surface area contributed by atoms with E-state index in [4.69, 9.17) is 9.72 Å². The van der Waals surface area contributed by atoms with Gasteiger partial charge < -0.3 is 15.0 Å². The second-order valence-corrected chi connectivity index (χ2v) is 4.78. The molecule has 0 aromatic carbocycles. The molecule has 0 radical (unpaired) electrons. The van der Waals surface area contributed by atoms with Gasteiger partial charge in [-0.15, -0.1) is 0 Å². The maximum absolute atomic E-state index is 5.69. The lowest BCUT2D eigenvalue weighted by molar-refractivity contribution is 0.322. The van der Waals surface area contributed by atoms with E-state index in [1.54, 1.807) is 0 Å². The first-order valence-electron chi connectivity index (χ1n) is 6.86. The number of piperazine rings is 1. The van der Waals surface area contributed by atoms with Crippen LogP contribution >= 0.6 is 0 Å². The Bertz CT molecular complexity index is 429. The summed E-state index contributed by atoms with van der Waals surface area (Å²) in [5, 5.41) is 3.35. The quantitative estimate of drug-likeness (QED) is 0.856. The standard InChI is InChI=1S/C13H20N4O/c1-2-18-12-10-4-3-5-11(10)15-13(16-12)17-8-6-14-7-9-17/h14H,2-9H2,1H3. The van der Waals surface area contributed by atoms with E-state index in [-0.39, 0.29) is 0 Å². The number of nitrogens with zero attached hydrogens (tertiary/aromatic N) is 3. The van der Waals surface area contributed by atoms with E-state index in [0.29, 0.717) is 6.61 Å². The highest BCUT2D eigenvalue weighted by Crippen LogP contribution is 2.30. The van der Waals surface area contributed by atoms with Crippen LogP contribution in [0.5, 0.6) is 5.88 Å². The Labute approximate surface area is 108 Å². The van der Waals surface area contributed by atoms with Crippen molar-refractivity contribution in [3.05, 3.63) is 11.3 Å². The predicted octanol–water partition coefficient (Wildman–Crippen LogP) is 0.774. The van der Waals surface area contributed by atoms with Crippen molar-refractivity contribution in [2.75, 3.05) is 37.7 Å². The van der Waals surface area contributed by atoms with Gasteiger partial charge in [0.25, 0.3) is 0 Å². The molecule has 0 spiro atoms. The molecule has 3 rings (SSSR count). The maximum Gasteiger partial charge on any atom is 0.228 e. The van der Waals surface area contributed by atoms with E-state index in [9.17, 15) is 0 Å². The average molecular weight is 248 g/mol. The molecule has 0 unspecified atom stereocenters. The molecule has 0 saturated carbocycles. The van der Waals surface area contributed by atoms with Gasteiger partial charge in [-0.1, -0.05) is 0 Å². The first kappa shape index (κ1) is 11.7. The number of ether oxygens (including phenoxy) is 1. The largest absolute Gasteiger partial charge is 0.478 e. The zero-order valence-corrected chi connectivity index (χ0v) is 10.9. The van der Waals surface area contributed by atoms with Crippen molar-refractivity contribution in [3.8, 4) is 5.88 Å². The van der Waals surface area contributed by atoms with Crippen molar-refractivity contribution in [2.45, 2.75) is 26.2 Å². The van der Waals surface area contributed by atoms with Crippen molar-refractivity contribution < 1.29 is 4.74 Å². The number of hydrogen-bond acceptors (Lipinski definition) is 5. The van der Waals surface area contributed by atoms with Crippen LogP contribution in [0.25, 0.3) is 0 Å². The lowest BCUT2D eigenvalue weighted by Gasteiger charge is -2.28. The van der Waals surface area contributed by atoms with Crippen LogP contribution in [0.4, 0.5) is 5.95 Å². The second kappa shape index (κ2) is 5.10. The fourth-order valence-corrected chi connectivity index (χ4v) is 2.65. The van der Waals surface area contributed by atoms with Gasteiger partial charge in [0.05, 0.1) is 12.3 Å². The summed E-state index contributed by atoms with van der Waals surface area (Å²) in [7, 11) is 0. The molecule has 1 aliphatic heterocycles. The molecule has 5 nitrogen and oxygen atoms in total. The van der Waals surface area contributed by atoms with E-state index in [1.807, 2.05) is 6.92 Å². The Morgan fingerprint density at radius 3 is 2.83 bits per heavy atom. The van der Waals surface area contributed by atoms with Gasteiger partial charge in [-0.25, -0.2) is 4.98 Å². The predicted molar refractivity (Wildman–Crippen MR) is 70.3 cm³/mol. The SMILES string of the molecule is CCOc1nc(N2CCNCC2)nc2c1CCC2. The number of hydrogen-bond donors (Lipinski definition) is 1. The second-order valence-electron chi connectivity index (χ2n) is 4.78. The number of fused-ring (bicyclic) bond motifs is 1. The molecule has 0 bridgehead atoms. The highest BCUT2D eigenvalue weighted by molar-refractivity contribution is 5.42. The van der Waals surface area contributed by atoms with E-state index < -0.39 is 0 Å². The zero-order valence-electron chi connectivity index (χ0n) is 10.9. The molecular formula is C13H20N4O. The van der Waals surface area contributed by atoms with Crippen LogP contribution in [0.15, 0.2) is 0 Å². The first-order chi connectivity index (χ1) is 8.88. The molecule has 1 saturated heterocycles. The molecule has 1 fully saturated rings. The van der Waals surface area contributed by atoms with Crippen molar-refractivity contribution in [2.24, 2.45) is 0 Å². The summed E-state index contributed by atoms with van der Waals surface area (Å²) in [5.74, 6) is 1.66. The summed E-state index contributed by atoms with van der Waals surface area (Å²) in [4.78, 5) is 11.6. The molecule has 18 heavy (non-hydrogen) atoms. The van der Waals surface area contributed by atoms with Gasteiger partial charge in [0, 0.05) is 31.7 Å². The number of nitrogens with one attached hydrogen (secondary N) is 1. The molecule has 1 aliphatic carbocycles. The van der Waals surface area contributed by atoms with Crippen LogP contribution in [0.1, 0.15) is 24.6 Å². The number of aryl methyl sites for hydroxylation is 1. The van der Waals surface area contributed by atoms with Crippen LogP contribution in [0.3, 0.4) is 0 Å². The summed E-state index contributed by atoms with van der Waals surface area (Å²) in [5.41, 5.74) is 2.43. The van der Waals surface area contributed by atoms with Crippen LogP contribution in [-0.4, -0.2) is 42.8 Å². The summed E-state index contributed by atoms with van der Waals surface area (Å²) in [6.07, 6.45) is 3.30. The monoisotopic (exact) mass is 248 g/mol. The highest BCUT2D eigenvalue weighted by Gasteiger charge is 2.23. The van der Waals surface area contributed by atoms with Gasteiger partial charge in [-0.2, -0.15) is 4.98 Å². The first-order valence-corrected chi connectivity index (χ1v) is 6.86. The molecule has 2 heterocycles. The number of anilines is 1. The third-order valence-electron chi connectivity index (χ3n) is 3.56. The Hall–Kier alpha value is -1.36. The molecule has 1 aromatic heterocycles. The van der Waals surface area contributed by atoms with E-state index >= 15 is 0 Å². The Morgan fingerprint density at radius 1 is 1.22 bits per heavy atom. The molecule has 98 valence electrons. The molecular weight excluding hydrogens is 228 g/mol. The molecule has 2 aliphatic rings. The van der Waals surface area contributed by atoms with Gasteiger partial charge in [0.2, 0.25) is 11.8 Å². The zero-order chi connectivity index (χ0) is 12.4. The minimum absolute atomic E-state index is 0.671. The lowest BCUT2D eigenvalue weighted by atomic mass is 10.2. The molecule has 0 amide bonds. The van der Waals surface area contributed by atoms with Crippen molar-refractivity contribution in [1.29, 1.82) is 0 Å². The van der Waals surface area contributed by atoms with Gasteiger partial charge >= 0.3 is 0 Å². The molecule has 0 atom stereocenters. The summed E-state index contributed by atoms with van der Waals surface area (Å²) >= 11 is 0. The normalized spacial score (nSPS) is 18.8. The van der Waals surface area contributed by atoms with Crippen molar-refractivity contribution >= 4 is 5.95 Å². The number of rotatable bonds is 3. The van der Waals surface area contributed by atoms with Gasteiger partial charge in [0.15, 0.2) is 0 Å². The van der Waals surface area contributed by atoms with Crippen molar-refractivity contribution in [1.82, 2.24) is 15.3 Å². The molecule has 1 aromatic rings. The Morgan fingerprint density at radius 2 is 2.06 bits per heavy atom. The van der Waals surface area contributed by atoms with Crippen LogP contribution in [-0.2, 0) is 12.8 Å². The minimum atomic E-state index is 0.671. The van der Waals surface area contributed by atoms with Gasteiger partial charge in [-0.3, -0.25) is 0 Å². The Balaban J connectivity index is 1.92. The van der Waals surface area contributed by atoms with E-state index in [0.717, 1.165) is 50.8 Å². The third kappa shape index (κ3) is 2.14. The topological polar surface area (TPSA) is 50.3 Å². The third-order valence-corrected chi connectivity index (χ3v) is 3.56. The summed E-state index contributed by atoms with van der Waals surface area (Å²) in [6.45, 7) is 6.64. The Kier molecular flexibility index (Phi) is 3.32. The minimum Gasteiger partial charge on any atom is -0.478 e. The van der Waals surface area contributed by atoms with E-state index in [1.165, 1.54) is 17.7 Å². The fourth-order valence-electron chi connectivity index (χ4n) is 2.65. The summed E-state index contributed by atoms with van der Waals surface area (Å²) < 4.78 is 5.69. The van der Waals surface area contributed by atoms with Crippen LogP contribution in [0, 0.1) is 0 Å². The smallest absolute Gasteiger partial charge is 0.228 e. The highest BCUT2D eigenvalue weighted by atomic mass is 16.5. The molecule has 5 heteroatoms. The average Bonchev–Trinajstić information content (AvgIpc) is 2.88. The van der Waals surface area contributed by atoms with E-state index in [2.05, 4.69) is 15.2 Å². The van der Waals surface area contributed by atoms with Gasteiger partial charge in [-0.05, 0) is 26.2 Å². The van der Waals surface area contributed by atoms with Crippen molar-refractivity contribution in [3.63, 3.8) is 0 Å². The molecule has 1 N–H and O–H groups in total. The fraction of sp³-hybridized carbons (Fsp3) is 0.692. The maximum atomic E-state index is 5.69. The lowest BCUT2D eigenvalue weighted by Crippen LogP contribution is -2.44. The number of aromatic nitrogens is 2. The van der Waals surface area contributed by atoms with Gasteiger partial charge in [0.1, 0.15) is 0 Å². The van der Waals surface area contributed by atoms with Crippen LogP contribution in [0.2, 0.25) is 0 Å².